The zero-order valence-electron chi connectivity index (χ0n) is 20.5. The largest absolute Gasteiger partial charge is 0.497 e. The van der Waals surface area contributed by atoms with E-state index in [0.717, 1.165) is 39.5 Å². The number of methoxy groups -OCH3 is 3. The summed E-state index contributed by atoms with van der Waals surface area (Å²) >= 11 is 0. The lowest BCUT2D eigenvalue weighted by Crippen LogP contribution is -2.32. The van der Waals surface area contributed by atoms with Crippen molar-refractivity contribution in [1.29, 1.82) is 0 Å². The number of fused-ring (bicyclic) bond motifs is 3. The molecule has 3 aromatic carbocycles. The number of aryl methyl sites for hydroxylation is 1. The molecule has 0 bridgehead atoms. The minimum Gasteiger partial charge on any atom is -0.497 e. The zero-order chi connectivity index (χ0) is 24.8. The van der Waals surface area contributed by atoms with E-state index in [-0.39, 0.29) is 6.04 Å². The number of nitrogens with zero attached hydrogens (tertiary/aromatic N) is 3. The van der Waals surface area contributed by atoms with Crippen LogP contribution in [0.15, 0.2) is 72.6 Å². The predicted octanol–water partition coefficient (Wildman–Crippen LogP) is 5.17. The summed E-state index contributed by atoms with van der Waals surface area (Å²) < 4.78 is 25.3. The molecule has 3 heterocycles. The highest BCUT2D eigenvalue weighted by Gasteiger charge is 2.41. The summed E-state index contributed by atoms with van der Waals surface area (Å²) in [6.45, 7) is 2.08. The molecular weight excluding hydrogens is 456 g/mol. The van der Waals surface area contributed by atoms with Crippen LogP contribution in [0.5, 0.6) is 23.0 Å². The van der Waals surface area contributed by atoms with Crippen molar-refractivity contribution in [2.24, 2.45) is 0 Å². The van der Waals surface area contributed by atoms with Crippen LogP contribution in [0, 0.1) is 6.92 Å². The van der Waals surface area contributed by atoms with Crippen LogP contribution in [0.2, 0.25) is 0 Å². The molecule has 182 valence electrons. The summed E-state index contributed by atoms with van der Waals surface area (Å²) in [6, 6.07) is 20.0. The van der Waals surface area contributed by atoms with Gasteiger partial charge in [0.1, 0.15) is 30.0 Å². The van der Waals surface area contributed by atoms with Crippen LogP contribution in [0.4, 0.5) is 5.95 Å². The van der Waals surface area contributed by atoms with E-state index in [0.29, 0.717) is 17.4 Å². The van der Waals surface area contributed by atoms with Gasteiger partial charge in [0.2, 0.25) is 5.95 Å². The zero-order valence-corrected chi connectivity index (χ0v) is 20.5. The fourth-order valence-electron chi connectivity index (χ4n) is 4.94. The Kier molecular flexibility index (Phi) is 5.29. The quantitative estimate of drug-likeness (QED) is 0.420. The number of hydrogen-bond acceptors (Lipinski definition) is 7. The molecule has 2 aliphatic rings. The number of nitrogens with one attached hydrogen (secondary N) is 1. The second-order valence-corrected chi connectivity index (χ2v) is 8.77. The smallest absolute Gasteiger partial charge is 0.226 e. The molecule has 0 unspecified atom stereocenters. The molecule has 1 N–H and O–H groups in total. The molecule has 1 aromatic heterocycles. The van der Waals surface area contributed by atoms with Crippen LogP contribution in [-0.2, 0) is 0 Å². The molecular formula is C28H26N4O4. The first-order valence-electron chi connectivity index (χ1n) is 11.7. The Morgan fingerprint density at radius 1 is 0.861 bits per heavy atom. The predicted molar refractivity (Wildman–Crippen MR) is 136 cm³/mol. The molecule has 0 saturated carbocycles. The minimum absolute atomic E-state index is 0.239. The van der Waals surface area contributed by atoms with Gasteiger partial charge in [-0.15, -0.1) is 0 Å². The van der Waals surface area contributed by atoms with Gasteiger partial charge in [-0.2, -0.15) is 10.1 Å². The normalized spacial score (nSPS) is 17.8. The number of anilines is 1. The summed E-state index contributed by atoms with van der Waals surface area (Å²) in [5, 5.41) is 8.12. The van der Waals surface area contributed by atoms with Gasteiger partial charge in [-0.3, -0.25) is 0 Å². The summed E-state index contributed by atoms with van der Waals surface area (Å²) in [7, 11) is 4.92. The molecule has 0 amide bonds. The van der Waals surface area contributed by atoms with E-state index in [1.807, 2.05) is 41.1 Å². The number of benzene rings is 3. The average molecular weight is 483 g/mol. The topological polar surface area (TPSA) is 79.7 Å². The van der Waals surface area contributed by atoms with Crippen molar-refractivity contribution in [3.05, 3.63) is 94.8 Å². The van der Waals surface area contributed by atoms with Crippen molar-refractivity contribution in [2.75, 3.05) is 26.6 Å². The van der Waals surface area contributed by atoms with E-state index in [2.05, 4.69) is 46.6 Å². The highest BCUT2D eigenvalue weighted by atomic mass is 16.5. The molecule has 0 spiro atoms. The van der Waals surface area contributed by atoms with Crippen LogP contribution in [0.25, 0.3) is 5.70 Å². The first-order chi connectivity index (χ1) is 17.6. The monoisotopic (exact) mass is 482 g/mol. The van der Waals surface area contributed by atoms with E-state index in [1.165, 1.54) is 5.56 Å². The standard InChI is InChI=1S/C28H26N4O4/c1-16-5-7-17(8-6-16)26-24-25(31-28-29-15-30-32(26)28)20-14-19(33-2)10-12-21(20)36-27(24)18-9-11-22(34-3)23(13-18)35-4/h5-15,26-27H,1-4H3,(H,29,30,31)/t26-,27-/m1/s1. The van der Waals surface area contributed by atoms with Crippen molar-refractivity contribution in [2.45, 2.75) is 19.1 Å². The van der Waals surface area contributed by atoms with Gasteiger partial charge in [0, 0.05) is 16.7 Å². The maximum atomic E-state index is 6.72. The second kappa shape index (κ2) is 8.64. The lowest BCUT2D eigenvalue weighted by Gasteiger charge is -2.39. The fourth-order valence-corrected chi connectivity index (χ4v) is 4.94. The number of aromatic nitrogens is 3. The molecule has 0 radical (unpaired) electrons. The van der Waals surface area contributed by atoms with Crippen molar-refractivity contribution in [3.8, 4) is 23.0 Å². The van der Waals surface area contributed by atoms with E-state index in [9.17, 15) is 0 Å². The van der Waals surface area contributed by atoms with Gasteiger partial charge < -0.3 is 24.3 Å². The summed E-state index contributed by atoms with van der Waals surface area (Å²) in [5.74, 6) is 3.46. The Balaban J connectivity index is 1.61. The lowest BCUT2D eigenvalue weighted by atomic mass is 9.84. The van der Waals surface area contributed by atoms with E-state index in [4.69, 9.17) is 18.9 Å². The summed E-state index contributed by atoms with van der Waals surface area (Å²) in [5.41, 5.74) is 6.07. The van der Waals surface area contributed by atoms with Crippen molar-refractivity contribution < 1.29 is 18.9 Å². The highest BCUT2D eigenvalue weighted by molar-refractivity contribution is 5.85. The van der Waals surface area contributed by atoms with Crippen LogP contribution in [0.3, 0.4) is 0 Å². The Morgan fingerprint density at radius 3 is 2.39 bits per heavy atom. The summed E-state index contributed by atoms with van der Waals surface area (Å²) in [4.78, 5) is 4.50. The molecule has 0 fully saturated rings. The van der Waals surface area contributed by atoms with Crippen LogP contribution in [0.1, 0.15) is 34.4 Å². The molecule has 0 aliphatic carbocycles. The SMILES string of the molecule is COc1ccc2c(c1)C1=C([C@@H](c3ccc(OC)c(OC)c3)O2)[C@@H](c2ccc(C)cc2)n2ncnc2N1. The molecule has 8 nitrogen and oxygen atoms in total. The Morgan fingerprint density at radius 2 is 1.64 bits per heavy atom. The van der Waals surface area contributed by atoms with Gasteiger partial charge >= 0.3 is 0 Å². The molecule has 2 atom stereocenters. The van der Waals surface area contributed by atoms with Gasteiger partial charge in [-0.1, -0.05) is 35.9 Å². The molecule has 2 aliphatic heterocycles. The van der Waals surface area contributed by atoms with Gasteiger partial charge in [0.25, 0.3) is 0 Å². The third-order valence-electron chi connectivity index (χ3n) is 6.72. The Hall–Kier alpha value is -4.46. The number of hydrogen-bond donors (Lipinski definition) is 1. The van der Waals surface area contributed by atoms with Gasteiger partial charge in [0.05, 0.1) is 27.0 Å². The van der Waals surface area contributed by atoms with E-state index in [1.54, 1.807) is 27.7 Å². The number of ether oxygens (including phenoxy) is 4. The van der Waals surface area contributed by atoms with Gasteiger partial charge in [0.15, 0.2) is 11.5 Å². The third-order valence-corrected chi connectivity index (χ3v) is 6.72. The fraction of sp³-hybridized carbons (Fsp3) is 0.214. The Labute approximate surface area is 209 Å². The molecule has 36 heavy (non-hydrogen) atoms. The second-order valence-electron chi connectivity index (χ2n) is 8.77. The van der Waals surface area contributed by atoms with Crippen molar-refractivity contribution in [3.63, 3.8) is 0 Å². The lowest BCUT2D eigenvalue weighted by molar-refractivity contribution is 0.222. The number of rotatable bonds is 5. The molecule has 0 saturated heterocycles. The van der Waals surface area contributed by atoms with E-state index < -0.39 is 6.10 Å². The Bertz CT molecular complexity index is 1480. The molecule has 8 heteroatoms. The van der Waals surface area contributed by atoms with Crippen molar-refractivity contribution in [1.82, 2.24) is 14.8 Å². The minimum atomic E-state index is -0.420. The molecule has 4 aromatic rings. The van der Waals surface area contributed by atoms with Crippen LogP contribution in [-0.4, -0.2) is 36.1 Å². The first kappa shape index (κ1) is 22.0. The first-order valence-corrected chi connectivity index (χ1v) is 11.7. The maximum Gasteiger partial charge on any atom is 0.226 e. The van der Waals surface area contributed by atoms with Crippen molar-refractivity contribution >= 4 is 11.6 Å². The van der Waals surface area contributed by atoms with Crippen LogP contribution >= 0.6 is 0 Å². The van der Waals surface area contributed by atoms with E-state index >= 15 is 0 Å². The maximum absolute atomic E-state index is 6.72. The molecule has 6 rings (SSSR count). The van der Waals surface area contributed by atoms with Gasteiger partial charge in [-0.25, -0.2) is 4.68 Å². The van der Waals surface area contributed by atoms with Gasteiger partial charge in [-0.05, 0) is 42.8 Å². The summed E-state index contributed by atoms with van der Waals surface area (Å²) in [6.07, 6.45) is 1.15. The highest BCUT2D eigenvalue weighted by Crippen LogP contribution is 2.51. The third kappa shape index (κ3) is 3.45. The average Bonchev–Trinajstić information content (AvgIpc) is 3.39. The van der Waals surface area contributed by atoms with Crippen LogP contribution < -0.4 is 24.3 Å².